The van der Waals surface area contributed by atoms with E-state index in [1.54, 1.807) is 28.6 Å². The number of Topliss-reactive ketones (excluding diaryl/α,β-unsaturated/α-hetero) is 1. The maximum atomic E-state index is 13.7. The third-order valence-electron chi connectivity index (χ3n) is 6.36. The SMILES string of the molecule is Cc1ccc(C)c(CSc2nc3n(n2)[C@H](c2ccc(F)cc2)C2=C(CC(C)(C)CC2=O)N3)c1. The highest BCUT2D eigenvalue weighted by molar-refractivity contribution is 7.98. The van der Waals surface area contributed by atoms with E-state index in [0.29, 0.717) is 23.1 Å². The molecule has 2 aliphatic rings. The number of rotatable bonds is 4. The quantitative estimate of drug-likeness (QED) is 0.483. The third kappa shape index (κ3) is 4.22. The van der Waals surface area contributed by atoms with Crippen molar-refractivity contribution in [3.8, 4) is 0 Å². The van der Waals surface area contributed by atoms with Gasteiger partial charge in [0.1, 0.15) is 11.9 Å². The van der Waals surface area contributed by atoms with E-state index in [0.717, 1.165) is 23.4 Å². The summed E-state index contributed by atoms with van der Waals surface area (Å²) in [5.41, 5.74) is 6.04. The van der Waals surface area contributed by atoms with Crippen molar-refractivity contribution in [2.24, 2.45) is 5.41 Å². The Morgan fingerprint density at radius 1 is 1.15 bits per heavy atom. The van der Waals surface area contributed by atoms with Crippen molar-refractivity contribution < 1.29 is 9.18 Å². The summed E-state index contributed by atoms with van der Waals surface area (Å²) in [5.74, 6) is 1.18. The van der Waals surface area contributed by atoms with Gasteiger partial charge in [0.15, 0.2) is 5.78 Å². The molecule has 2 heterocycles. The van der Waals surface area contributed by atoms with Crippen LogP contribution in [0.1, 0.15) is 55.0 Å². The van der Waals surface area contributed by atoms with Crippen LogP contribution < -0.4 is 5.32 Å². The fraction of sp³-hybridized carbons (Fsp3) is 0.346. The number of halogens is 1. The molecule has 0 saturated carbocycles. The zero-order valence-corrected chi connectivity index (χ0v) is 20.1. The number of ketones is 1. The largest absolute Gasteiger partial charge is 0.328 e. The van der Waals surface area contributed by atoms with Gasteiger partial charge in [-0.15, -0.1) is 5.10 Å². The smallest absolute Gasteiger partial charge is 0.227 e. The highest BCUT2D eigenvalue weighted by Crippen LogP contribution is 2.45. The van der Waals surface area contributed by atoms with E-state index in [2.05, 4.69) is 51.2 Å². The molecule has 7 heteroatoms. The second-order valence-electron chi connectivity index (χ2n) is 9.79. The van der Waals surface area contributed by atoms with Crippen LogP contribution in [0.5, 0.6) is 0 Å². The van der Waals surface area contributed by atoms with Crippen LogP contribution in [0.2, 0.25) is 0 Å². The van der Waals surface area contributed by atoms with E-state index in [9.17, 15) is 9.18 Å². The Labute approximate surface area is 197 Å². The standard InChI is InChI=1S/C26H27FN4OS/c1-15-5-6-16(2)18(11-15)14-33-25-29-24-28-20-12-26(3,4)13-21(32)22(20)23(31(24)30-25)17-7-9-19(27)10-8-17/h5-11,23H,12-14H2,1-4H3,(H,28,29,30)/t23-/m1/s1. The van der Waals surface area contributed by atoms with Crippen molar-refractivity contribution in [3.05, 3.63) is 81.8 Å². The number of nitrogens with zero attached hydrogens (tertiary/aromatic N) is 3. The summed E-state index contributed by atoms with van der Waals surface area (Å²) >= 11 is 1.58. The number of carbonyl (C=O) groups is 1. The van der Waals surface area contributed by atoms with Crippen LogP contribution in [0.4, 0.5) is 10.3 Å². The second-order valence-corrected chi connectivity index (χ2v) is 10.7. The van der Waals surface area contributed by atoms with Crippen LogP contribution in [-0.2, 0) is 10.5 Å². The minimum absolute atomic E-state index is 0.105. The summed E-state index contributed by atoms with van der Waals surface area (Å²) in [7, 11) is 0. The molecule has 3 aromatic rings. The molecule has 1 aliphatic carbocycles. The van der Waals surface area contributed by atoms with E-state index in [4.69, 9.17) is 10.1 Å². The monoisotopic (exact) mass is 462 g/mol. The highest BCUT2D eigenvalue weighted by Gasteiger charge is 2.41. The molecule has 170 valence electrons. The molecule has 5 nitrogen and oxygen atoms in total. The van der Waals surface area contributed by atoms with E-state index in [1.165, 1.54) is 28.8 Å². The summed E-state index contributed by atoms with van der Waals surface area (Å²) in [4.78, 5) is 18.0. The predicted molar refractivity (Wildman–Crippen MR) is 129 cm³/mol. The van der Waals surface area contributed by atoms with E-state index in [1.807, 2.05) is 0 Å². The lowest BCUT2D eigenvalue weighted by atomic mass is 9.73. The molecule has 0 fully saturated rings. The molecule has 0 saturated heterocycles. The molecule has 33 heavy (non-hydrogen) atoms. The van der Waals surface area contributed by atoms with Crippen LogP contribution in [0, 0.1) is 25.1 Å². The molecule has 1 aliphatic heterocycles. The van der Waals surface area contributed by atoms with Crippen LogP contribution in [0.3, 0.4) is 0 Å². The number of nitrogens with one attached hydrogen (secondary N) is 1. The Kier molecular flexibility index (Phi) is 5.40. The van der Waals surface area contributed by atoms with Gasteiger partial charge in [0.25, 0.3) is 0 Å². The van der Waals surface area contributed by atoms with Gasteiger partial charge in [-0.2, -0.15) is 4.98 Å². The molecule has 0 unspecified atom stereocenters. The first-order valence-electron chi connectivity index (χ1n) is 11.1. The van der Waals surface area contributed by atoms with Crippen LogP contribution in [-0.4, -0.2) is 20.5 Å². The topological polar surface area (TPSA) is 59.8 Å². The lowest BCUT2D eigenvalue weighted by molar-refractivity contribution is -0.118. The van der Waals surface area contributed by atoms with Crippen LogP contribution in [0.15, 0.2) is 58.9 Å². The van der Waals surface area contributed by atoms with Gasteiger partial charge in [0.05, 0.1) is 0 Å². The third-order valence-corrected chi connectivity index (χ3v) is 7.25. The van der Waals surface area contributed by atoms with Crippen LogP contribution >= 0.6 is 11.8 Å². The number of fused-ring (bicyclic) bond motifs is 1. The average molecular weight is 463 g/mol. The van der Waals surface area contributed by atoms with Gasteiger partial charge in [0.2, 0.25) is 11.1 Å². The van der Waals surface area contributed by atoms with Crippen molar-refractivity contribution in [1.29, 1.82) is 0 Å². The van der Waals surface area contributed by atoms with Crippen molar-refractivity contribution in [3.63, 3.8) is 0 Å². The molecule has 2 aromatic carbocycles. The fourth-order valence-corrected chi connectivity index (χ4v) is 5.59. The van der Waals surface area contributed by atoms with Crippen molar-refractivity contribution in [2.45, 2.75) is 57.5 Å². The summed E-state index contributed by atoms with van der Waals surface area (Å²) < 4.78 is 15.4. The van der Waals surface area contributed by atoms with Gasteiger partial charge in [-0.05, 0) is 54.5 Å². The number of hydrogen-bond donors (Lipinski definition) is 1. The van der Waals surface area contributed by atoms with Crippen molar-refractivity contribution >= 4 is 23.5 Å². The molecule has 1 atom stereocenters. The van der Waals surface area contributed by atoms with Gasteiger partial charge in [-0.25, -0.2) is 9.07 Å². The molecule has 1 N–H and O–H groups in total. The van der Waals surface area contributed by atoms with Crippen LogP contribution in [0.25, 0.3) is 0 Å². The van der Waals surface area contributed by atoms with Gasteiger partial charge >= 0.3 is 0 Å². The first kappa shape index (κ1) is 21.9. The number of aryl methyl sites for hydroxylation is 2. The molecule has 5 rings (SSSR count). The Morgan fingerprint density at radius 3 is 2.67 bits per heavy atom. The Balaban J connectivity index is 1.52. The first-order chi connectivity index (χ1) is 15.7. The number of thioether (sulfide) groups is 1. The number of carbonyl (C=O) groups excluding carboxylic acids is 1. The van der Waals surface area contributed by atoms with Gasteiger partial charge in [-0.1, -0.05) is 61.5 Å². The minimum Gasteiger partial charge on any atom is -0.328 e. The zero-order chi connectivity index (χ0) is 23.3. The van der Waals surface area contributed by atoms with Crippen molar-refractivity contribution in [1.82, 2.24) is 14.8 Å². The number of hydrogen-bond acceptors (Lipinski definition) is 5. The normalized spacial score (nSPS) is 19.2. The number of allylic oxidation sites excluding steroid dienone is 2. The summed E-state index contributed by atoms with van der Waals surface area (Å²) in [5, 5.41) is 8.83. The molecular weight excluding hydrogens is 435 g/mol. The minimum atomic E-state index is -0.414. The fourth-order valence-electron chi connectivity index (χ4n) is 4.70. The van der Waals surface area contributed by atoms with E-state index in [-0.39, 0.29) is 17.0 Å². The first-order valence-corrected chi connectivity index (χ1v) is 12.1. The Bertz CT molecular complexity index is 1280. The molecule has 0 amide bonds. The summed E-state index contributed by atoms with van der Waals surface area (Å²) in [6.45, 7) is 8.41. The maximum Gasteiger partial charge on any atom is 0.227 e. The van der Waals surface area contributed by atoms with E-state index < -0.39 is 6.04 Å². The summed E-state index contributed by atoms with van der Waals surface area (Å²) in [6, 6.07) is 12.4. The molecule has 0 radical (unpaired) electrons. The molecule has 0 spiro atoms. The Morgan fingerprint density at radius 2 is 1.91 bits per heavy atom. The number of benzene rings is 2. The predicted octanol–water partition coefficient (Wildman–Crippen LogP) is 5.98. The van der Waals surface area contributed by atoms with Gasteiger partial charge in [-0.3, -0.25) is 4.79 Å². The lowest BCUT2D eigenvalue weighted by Gasteiger charge is -2.38. The van der Waals surface area contributed by atoms with Crippen molar-refractivity contribution in [2.75, 3.05) is 5.32 Å². The lowest BCUT2D eigenvalue weighted by Crippen LogP contribution is -2.36. The maximum absolute atomic E-state index is 13.7. The number of aromatic nitrogens is 3. The Hall–Kier alpha value is -2.93. The van der Waals surface area contributed by atoms with Gasteiger partial charge in [0, 0.05) is 23.4 Å². The molecule has 1 aromatic heterocycles. The highest BCUT2D eigenvalue weighted by atomic mass is 32.2. The number of anilines is 1. The summed E-state index contributed by atoms with van der Waals surface area (Å²) in [6.07, 6.45) is 1.23. The zero-order valence-electron chi connectivity index (χ0n) is 19.3. The second kappa shape index (κ2) is 8.13. The average Bonchev–Trinajstić information content (AvgIpc) is 3.15. The molecular formula is C26H27FN4OS. The van der Waals surface area contributed by atoms with Gasteiger partial charge < -0.3 is 5.32 Å². The van der Waals surface area contributed by atoms with E-state index >= 15 is 0 Å². The molecule has 0 bridgehead atoms.